The zero-order valence-electron chi connectivity index (χ0n) is 11.5. The van der Waals surface area contributed by atoms with E-state index in [1.54, 1.807) is 19.1 Å². The first kappa shape index (κ1) is 14.6. The van der Waals surface area contributed by atoms with Crippen LogP contribution in [0.3, 0.4) is 0 Å². The van der Waals surface area contributed by atoms with Crippen LogP contribution in [0.2, 0.25) is 0 Å². The third-order valence-corrected chi connectivity index (χ3v) is 4.81. The van der Waals surface area contributed by atoms with Gasteiger partial charge in [0.25, 0.3) is 0 Å². The maximum Gasteiger partial charge on any atom is 0.243 e. The third-order valence-electron chi connectivity index (χ3n) is 3.24. The fourth-order valence-corrected chi connectivity index (χ4v) is 3.50. The molecule has 6 nitrogen and oxygen atoms in total. The summed E-state index contributed by atoms with van der Waals surface area (Å²) in [7, 11) is -3.82. The normalized spacial score (nSPS) is 13.4. The molecule has 0 aliphatic heterocycles. The lowest BCUT2D eigenvalue weighted by Gasteiger charge is -2.14. The second-order valence-electron chi connectivity index (χ2n) is 4.78. The summed E-state index contributed by atoms with van der Waals surface area (Å²) in [4.78, 5) is -0.0137. The molecule has 0 saturated heterocycles. The first-order valence-electron chi connectivity index (χ1n) is 6.46. The molecule has 1 N–H and O–H groups in total. The first-order valence-corrected chi connectivity index (χ1v) is 7.95. The molecule has 1 atom stereocenters. The van der Waals surface area contributed by atoms with E-state index in [0.29, 0.717) is 11.1 Å². The minimum Gasteiger partial charge on any atom is -0.243 e. The summed E-state index contributed by atoms with van der Waals surface area (Å²) in [5.41, 5.74) is 1.18. The standard InChI is InChI=1S/C14H12FN3O3S/c1-9(10-5-7-11(15)8-6-10)18-22(19,20)13-4-2-3-12-14(13)17-21-16-12/h2-9,18H,1H3. The Morgan fingerprint density at radius 3 is 2.59 bits per heavy atom. The largest absolute Gasteiger partial charge is 0.243 e. The Bertz CT molecular complexity index is 906. The van der Waals surface area contributed by atoms with E-state index in [9.17, 15) is 12.8 Å². The molecule has 0 aliphatic rings. The Hall–Kier alpha value is -2.32. The summed E-state index contributed by atoms with van der Waals surface area (Å²) in [5, 5.41) is 7.24. The van der Waals surface area contributed by atoms with Crippen LogP contribution < -0.4 is 4.72 Å². The van der Waals surface area contributed by atoms with E-state index in [0.717, 1.165) is 0 Å². The van der Waals surface area contributed by atoms with Gasteiger partial charge in [0.05, 0.1) is 0 Å². The lowest BCUT2D eigenvalue weighted by molar-refractivity contribution is 0.315. The number of benzene rings is 2. The number of hydrogen-bond acceptors (Lipinski definition) is 5. The fraction of sp³-hybridized carbons (Fsp3) is 0.143. The highest BCUT2D eigenvalue weighted by molar-refractivity contribution is 7.89. The Morgan fingerprint density at radius 2 is 1.86 bits per heavy atom. The quantitative estimate of drug-likeness (QED) is 0.797. The number of aromatic nitrogens is 2. The highest BCUT2D eigenvalue weighted by Crippen LogP contribution is 2.22. The van der Waals surface area contributed by atoms with Crippen molar-refractivity contribution < 1.29 is 17.4 Å². The molecule has 114 valence electrons. The molecule has 0 spiro atoms. The zero-order valence-corrected chi connectivity index (χ0v) is 12.3. The number of nitrogens with zero attached hydrogens (tertiary/aromatic N) is 2. The van der Waals surface area contributed by atoms with Crippen LogP contribution in [0.15, 0.2) is 52.0 Å². The number of halogens is 1. The summed E-state index contributed by atoms with van der Waals surface area (Å²) in [6, 6.07) is 9.68. The number of hydrogen-bond donors (Lipinski definition) is 1. The van der Waals surface area contributed by atoms with Crippen molar-refractivity contribution in [1.29, 1.82) is 0 Å². The van der Waals surface area contributed by atoms with Crippen LogP contribution in [0.4, 0.5) is 4.39 Å². The van der Waals surface area contributed by atoms with Crippen LogP contribution in [0.5, 0.6) is 0 Å². The van der Waals surface area contributed by atoms with Crippen molar-refractivity contribution in [3.63, 3.8) is 0 Å². The van der Waals surface area contributed by atoms with Crippen LogP contribution in [0, 0.1) is 5.82 Å². The molecule has 8 heteroatoms. The second kappa shape index (κ2) is 5.47. The van der Waals surface area contributed by atoms with Gasteiger partial charge in [0.2, 0.25) is 10.0 Å². The predicted octanol–water partition coefficient (Wildman–Crippen LogP) is 2.40. The molecule has 1 unspecified atom stereocenters. The van der Waals surface area contributed by atoms with Gasteiger partial charge in [-0.1, -0.05) is 18.2 Å². The third kappa shape index (κ3) is 2.70. The molecule has 0 radical (unpaired) electrons. The van der Waals surface area contributed by atoms with Crippen LogP contribution in [-0.2, 0) is 10.0 Å². The average molecular weight is 321 g/mol. The molecule has 0 amide bonds. The number of fused-ring (bicyclic) bond motifs is 1. The predicted molar refractivity (Wildman–Crippen MR) is 76.9 cm³/mol. The van der Waals surface area contributed by atoms with Gasteiger partial charge in [-0.3, -0.25) is 0 Å². The monoisotopic (exact) mass is 321 g/mol. The van der Waals surface area contributed by atoms with Crippen LogP contribution >= 0.6 is 0 Å². The Labute approximate surface area is 126 Å². The van der Waals surface area contributed by atoms with E-state index in [2.05, 4.69) is 19.7 Å². The van der Waals surface area contributed by atoms with Gasteiger partial charge < -0.3 is 0 Å². The smallest absolute Gasteiger partial charge is 0.243 e. The van der Waals surface area contributed by atoms with Crippen molar-refractivity contribution in [3.8, 4) is 0 Å². The second-order valence-corrected chi connectivity index (χ2v) is 6.47. The zero-order chi connectivity index (χ0) is 15.7. The van der Waals surface area contributed by atoms with Gasteiger partial charge in [0, 0.05) is 6.04 Å². The van der Waals surface area contributed by atoms with E-state index in [-0.39, 0.29) is 16.2 Å². The molecule has 0 saturated carbocycles. The molecule has 0 aliphatic carbocycles. The summed E-state index contributed by atoms with van der Waals surface area (Å²) < 4.78 is 45.0. The molecule has 0 bridgehead atoms. The maximum atomic E-state index is 12.9. The van der Waals surface area contributed by atoms with E-state index < -0.39 is 16.1 Å². The maximum absolute atomic E-state index is 12.9. The number of nitrogens with one attached hydrogen (secondary N) is 1. The van der Waals surface area contributed by atoms with Gasteiger partial charge in [-0.2, -0.15) is 0 Å². The van der Waals surface area contributed by atoms with E-state index in [1.165, 1.54) is 30.3 Å². The minimum atomic E-state index is -3.82. The van der Waals surface area contributed by atoms with Crippen molar-refractivity contribution in [1.82, 2.24) is 15.0 Å². The van der Waals surface area contributed by atoms with E-state index in [4.69, 9.17) is 0 Å². The van der Waals surface area contributed by atoms with E-state index >= 15 is 0 Å². The number of rotatable bonds is 4. The van der Waals surface area contributed by atoms with Crippen molar-refractivity contribution in [3.05, 3.63) is 53.8 Å². The Balaban J connectivity index is 1.93. The summed E-state index contributed by atoms with van der Waals surface area (Å²) in [6.07, 6.45) is 0. The van der Waals surface area contributed by atoms with Gasteiger partial charge in [0.1, 0.15) is 16.2 Å². The summed E-state index contributed by atoms with van der Waals surface area (Å²) >= 11 is 0. The molecule has 1 aromatic heterocycles. The van der Waals surface area contributed by atoms with Gasteiger partial charge >= 0.3 is 0 Å². The molecule has 0 fully saturated rings. The average Bonchev–Trinajstić information content (AvgIpc) is 2.95. The lowest BCUT2D eigenvalue weighted by Crippen LogP contribution is -2.27. The highest BCUT2D eigenvalue weighted by atomic mass is 32.2. The molecule has 1 heterocycles. The topological polar surface area (TPSA) is 85.1 Å². The van der Waals surface area contributed by atoms with Crippen LogP contribution in [-0.4, -0.2) is 18.7 Å². The van der Waals surface area contributed by atoms with Crippen LogP contribution in [0.1, 0.15) is 18.5 Å². The SMILES string of the molecule is CC(NS(=O)(=O)c1cccc2nonc12)c1ccc(F)cc1. The molecule has 3 rings (SSSR count). The van der Waals surface area contributed by atoms with E-state index in [1.807, 2.05) is 0 Å². The fourth-order valence-electron chi connectivity index (χ4n) is 2.11. The van der Waals surface area contributed by atoms with Gasteiger partial charge in [-0.25, -0.2) is 22.2 Å². The van der Waals surface area contributed by atoms with Crippen molar-refractivity contribution in [2.75, 3.05) is 0 Å². The van der Waals surface area contributed by atoms with Gasteiger partial charge in [-0.15, -0.1) is 0 Å². The molecule has 3 aromatic rings. The molecule has 2 aromatic carbocycles. The molecular formula is C14H12FN3O3S. The molecular weight excluding hydrogens is 309 g/mol. The molecule has 22 heavy (non-hydrogen) atoms. The van der Waals surface area contributed by atoms with Crippen molar-refractivity contribution in [2.45, 2.75) is 17.9 Å². The first-order chi connectivity index (χ1) is 10.5. The van der Waals surface area contributed by atoms with Gasteiger partial charge in [0.15, 0.2) is 5.52 Å². The van der Waals surface area contributed by atoms with Crippen molar-refractivity contribution in [2.24, 2.45) is 0 Å². The summed E-state index contributed by atoms with van der Waals surface area (Å²) in [6.45, 7) is 1.67. The van der Waals surface area contributed by atoms with Crippen molar-refractivity contribution >= 4 is 21.1 Å². The van der Waals surface area contributed by atoms with Gasteiger partial charge in [-0.05, 0) is 47.1 Å². The summed E-state index contributed by atoms with van der Waals surface area (Å²) in [5.74, 6) is -0.378. The number of sulfonamides is 1. The highest BCUT2D eigenvalue weighted by Gasteiger charge is 2.22. The minimum absolute atomic E-state index is 0.0137. The lowest BCUT2D eigenvalue weighted by atomic mass is 10.1. The Morgan fingerprint density at radius 1 is 1.14 bits per heavy atom. The van der Waals surface area contributed by atoms with Crippen LogP contribution in [0.25, 0.3) is 11.0 Å². The Kier molecular flexibility index (Phi) is 3.63.